The Morgan fingerprint density at radius 3 is 3.09 bits per heavy atom. The van der Waals surface area contributed by atoms with Crippen LogP contribution in [0, 0.1) is 0 Å². The molecular weight excluding hydrogens is 166 g/mol. The molecule has 1 radical (unpaired) electrons. The highest BCUT2D eigenvalue weighted by molar-refractivity contribution is 7.80. The molecule has 0 saturated heterocycles. The summed E-state index contributed by atoms with van der Waals surface area (Å²) in [6, 6.07) is 0. The number of nitrogens with zero attached hydrogens (tertiary/aromatic N) is 4. The van der Waals surface area contributed by atoms with Crippen molar-refractivity contribution in [2.24, 2.45) is 0 Å². The summed E-state index contributed by atoms with van der Waals surface area (Å²) in [5.74, 6) is 0. The number of hydrogen-bond donors (Lipinski definition) is 1. The minimum Gasteiger partial charge on any atom is -0.357 e. The van der Waals surface area contributed by atoms with E-state index in [-0.39, 0.29) is 0 Å². The predicted molar refractivity (Wildman–Crippen MR) is 37.7 cm³/mol. The van der Waals surface area contributed by atoms with Gasteiger partial charge in [-0.2, -0.15) is 0 Å². The van der Waals surface area contributed by atoms with E-state index in [4.69, 9.17) is 12.6 Å². The van der Waals surface area contributed by atoms with Crippen molar-refractivity contribution in [1.29, 1.82) is 0 Å². The quantitative estimate of drug-likeness (QED) is 0.466. The third-order valence-electron chi connectivity index (χ3n) is 1.05. The van der Waals surface area contributed by atoms with E-state index in [1.54, 1.807) is 0 Å². The van der Waals surface area contributed by atoms with Crippen LogP contribution in [0.1, 0.15) is 0 Å². The molecule has 1 amide bonds. The van der Waals surface area contributed by atoms with Gasteiger partial charge in [0, 0.05) is 6.54 Å². The van der Waals surface area contributed by atoms with Crippen LogP contribution in [0.4, 0.5) is 0 Å². The standard InChI is InChI=1S/C4H6N5OS/c10-3-5-1-2-9-4(11)6-7-8-9/h3H,1-2H2,(H,5,10). The summed E-state index contributed by atoms with van der Waals surface area (Å²) in [6.07, 6.45) is 0.618. The fourth-order valence-corrected chi connectivity index (χ4v) is 0.730. The number of nitrogens with one attached hydrogen (secondary N) is 1. The van der Waals surface area contributed by atoms with E-state index in [1.165, 1.54) is 4.68 Å². The second-order valence-electron chi connectivity index (χ2n) is 1.76. The molecule has 7 heteroatoms. The van der Waals surface area contributed by atoms with Gasteiger partial charge in [-0.15, -0.1) is 0 Å². The molecule has 0 saturated carbocycles. The van der Waals surface area contributed by atoms with Gasteiger partial charge in [0.25, 0.3) is 0 Å². The Kier molecular flexibility index (Phi) is 2.73. The van der Waals surface area contributed by atoms with Crippen LogP contribution in [0.2, 0.25) is 0 Å². The van der Waals surface area contributed by atoms with Gasteiger partial charge in [-0.25, -0.2) is 4.68 Å². The zero-order valence-corrected chi connectivity index (χ0v) is 6.41. The molecular formula is C4H6N5OS. The minimum absolute atomic E-state index is 0.331. The Morgan fingerprint density at radius 1 is 1.73 bits per heavy atom. The van der Waals surface area contributed by atoms with E-state index in [2.05, 4.69) is 20.8 Å². The van der Waals surface area contributed by atoms with Crippen LogP contribution >= 0.6 is 12.6 Å². The van der Waals surface area contributed by atoms with E-state index in [9.17, 15) is 4.79 Å². The van der Waals surface area contributed by atoms with Gasteiger partial charge in [0.2, 0.25) is 11.6 Å². The number of tetrazole rings is 1. The highest BCUT2D eigenvalue weighted by Crippen LogP contribution is 1.94. The van der Waals surface area contributed by atoms with Crippen LogP contribution in [0.15, 0.2) is 5.16 Å². The molecule has 59 valence electrons. The van der Waals surface area contributed by atoms with Gasteiger partial charge < -0.3 is 5.32 Å². The number of amides is 1. The smallest absolute Gasteiger partial charge is 0.240 e. The summed E-state index contributed by atoms with van der Waals surface area (Å²) in [7, 11) is 0. The van der Waals surface area contributed by atoms with Gasteiger partial charge in [0.15, 0.2) is 0 Å². The zero-order chi connectivity index (χ0) is 8.10. The Labute approximate surface area is 68.4 Å². The molecule has 1 aromatic heterocycles. The van der Waals surface area contributed by atoms with Crippen LogP contribution in [-0.2, 0) is 11.3 Å². The number of rotatable bonds is 4. The van der Waals surface area contributed by atoms with E-state index >= 15 is 0 Å². The summed E-state index contributed by atoms with van der Waals surface area (Å²) in [5, 5.41) is 13.2. The average molecular weight is 172 g/mol. The van der Waals surface area contributed by atoms with Crippen molar-refractivity contribution in [1.82, 2.24) is 25.5 Å². The van der Waals surface area contributed by atoms with Crippen LogP contribution < -0.4 is 5.32 Å². The van der Waals surface area contributed by atoms with Crippen LogP contribution in [0.3, 0.4) is 0 Å². The molecule has 6 nitrogen and oxygen atoms in total. The monoisotopic (exact) mass is 172 g/mol. The molecule has 1 N–H and O–H groups in total. The van der Waals surface area contributed by atoms with E-state index in [0.29, 0.717) is 24.7 Å². The third kappa shape index (κ3) is 2.11. The maximum Gasteiger partial charge on any atom is 0.240 e. The Bertz CT molecular complexity index is 236. The summed E-state index contributed by atoms with van der Waals surface area (Å²) in [5.41, 5.74) is 0. The van der Waals surface area contributed by atoms with Crippen LogP contribution in [0.5, 0.6) is 0 Å². The largest absolute Gasteiger partial charge is 0.357 e. The van der Waals surface area contributed by atoms with E-state index in [0.717, 1.165) is 0 Å². The van der Waals surface area contributed by atoms with Crippen molar-refractivity contribution in [3.8, 4) is 0 Å². The molecule has 0 unspecified atom stereocenters. The predicted octanol–water partition coefficient (Wildman–Crippen LogP) is -1.02. The molecule has 0 fully saturated rings. The van der Waals surface area contributed by atoms with Gasteiger partial charge in [-0.05, 0) is 23.1 Å². The first kappa shape index (κ1) is 7.86. The lowest BCUT2D eigenvalue weighted by Gasteiger charge is -1.97. The lowest BCUT2D eigenvalue weighted by atomic mass is 10.6. The van der Waals surface area contributed by atoms with Crippen LogP contribution in [-0.4, -0.2) is 33.2 Å². The molecule has 0 atom stereocenters. The Balaban J connectivity index is 2.38. The van der Waals surface area contributed by atoms with E-state index in [1.807, 2.05) is 0 Å². The lowest BCUT2D eigenvalue weighted by Crippen LogP contribution is -2.18. The third-order valence-corrected chi connectivity index (χ3v) is 1.34. The van der Waals surface area contributed by atoms with Crippen molar-refractivity contribution in [2.45, 2.75) is 11.7 Å². The number of carbonyl (C=O) groups is 1. The first-order chi connectivity index (χ1) is 5.34. The highest BCUT2D eigenvalue weighted by Gasteiger charge is 1.99. The lowest BCUT2D eigenvalue weighted by molar-refractivity contribution is -0.109. The van der Waals surface area contributed by atoms with Gasteiger partial charge >= 0.3 is 0 Å². The number of hydrogen-bond acceptors (Lipinski definition) is 4. The molecule has 1 heterocycles. The SMILES string of the molecule is O=CNCCn1nnnc1[S]. The fraction of sp³-hybridized carbons (Fsp3) is 0.500. The van der Waals surface area contributed by atoms with Crippen LogP contribution in [0.25, 0.3) is 0 Å². The highest BCUT2D eigenvalue weighted by atomic mass is 32.1. The average Bonchev–Trinajstić information content (AvgIpc) is 2.37. The summed E-state index contributed by atoms with van der Waals surface area (Å²) in [6.45, 7) is 0.989. The van der Waals surface area contributed by atoms with Crippen molar-refractivity contribution in [3.05, 3.63) is 0 Å². The first-order valence-electron chi connectivity index (χ1n) is 2.95. The number of aromatic nitrogens is 4. The number of carbonyl (C=O) groups excluding carboxylic acids is 1. The summed E-state index contributed by atoms with van der Waals surface area (Å²) in [4.78, 5) is 9.82. The Hall–Kier alpha value is -1.24. The molecule has 0 aliphatic carbocycles. The second kappa shape index (κ2) is 3.81. The fourth-order valence-electron chi connectivity index (χ4n) is 0.566. The molecule has 0 spiro atoms. The topological polar surface area (TPSA) is 72.7 Å². The van der Waals surface area contributed by atoms with Gasteiger partial charge in [0.1, 0.15) is 0 Å². The second-order valence-corrected chi connectivity index (χ2v) is 2.12. The maximum atomic E-state index is 9.82. The molecule has 11 heavy (non-hydrogen) atoms. The van der Waals surface area contributed by atoms with Gasteiger partial charge in [-0.1, -0.05) is 5.10 Å². The van der Waals surface area contributed by atoms with Gasteiger partial charge in [-0.3, -0.25) is 4.79 Å². The summed E-state index contributed by atoms with van der Waals surface area (Å²) < 4.78 is 1.44. The van der Waals surface area contributed by atoms with Crippen molar-refractivity contribution < 1.29 is 4.79 Å². The van der Waals surface area contributed by atoms with Crippen molar-refractivity contribution in [3.63, 3.8) is 0 Å². The minimum atomic E-state index is 0.331. The normalized spacial score (nSPS) is 9.45. The molecule has 0 bridgehead atoms. The van der Waals surface area contributed by atoms with Crippen molar-refractivity contribution >= 4 is 19.0 Å². The van der Waals surface area contributed by atoms with E-state index < -0.39 is 0 Å². The molecule has 0 aliphatic rings. The maximum absolute atomic E-state index is 9.82. The Morgan fingerprint density at radius 2 is 2.55 bits per heavy atom. The van der Waals surface area contributed by atoms with Crippen molar-refractivity contribution in [2.75, 3.05) is 6.54 Å². The first-order valence-corrected chi connectivity index (χ1v) is 3.35. The molecule has 0 aliphatic heterocycles. The molecule has 0 aromatic carbocycles. The molecule has 1 rings (SSSR count). The zero-order valence-electron chi connectivity index (χ0n) is 5.60. The van der Waals surface area contributed by atoms with Gasteiger partial charge in [0.05, 0.1) is 6.54 Å². The summed E-state index contributed by atoms with van der Waals surface area (Å²) >= 11 is 4.75. The molecule has 1 aromatic rings.